The summed E-state index contributed by atoms with van der Waals surface area (Å²) >= 11 is 1.29. The lowest BCUT2D eigenvalue weighted by Crippen LogP contribution is -1.95. The molecule has 1 N–H and O–H groups in total. The molecule has 0 saturated carbocycles. The second-order valence-corrected chi connectivity index (χ2v) is 4.38. The predicted molar refractivity (Wildman–Crippen MR) is 64.3 cm³/mol. The number of nitrogens with zero attached hydrogens (tertiary/aromatic N) is 3. The molecule has 0 fully saturated rings. The molecule has 0 atom stereocenters. The number of aromatic nitrogens is 2. The highest BCUT2D eigenvalue weighted by molar-refractivity contribution is 7.99. The summed E-state index contributed by atoms with van der Waals surface area (Å²) in [5, 5.41) is 18.1. The van der Waals surface area contributed by atoms with E-state index in [1.165, 1.54) is 30.2 Å². The second-order valence-electron chi connectivity index (χ2n) is 3.29. The third-order valence-corrected chi connectivity index (χ3v) is 2.96. The zero-order chi connectivity index (χ0) is 13.0. The highest BCUT2D eigenvalue weighted by atomic mass is 32.2. The molecule has 0 amide bonds. The van der Waals surface area contributed by atoms with Crippen molar-refractivity contribution in [2.24, 2.45) is 0 Å². The number of benzene rings is 1. The molecule has 0 unspecified atom stereocenters. The van der Waals surface area contributed by atoms with Crippen molar-refractivity contribution in [1.82, 2.24) is 9.97 Å². The van der Waals surface area contributed by atoms with Crippen LogP contribution in [0, 0.1) is 11.3 Å². The van der Waals surface area contributed by atoms with Crippen molar-refractivity contribution in [3.8, 4) is 6.07 Å². The molecule has 0 saturated heterocycles. The topological polar surface area (TPSA) is 86.9 Å². The molecule has 0 aliphatic heterocycles. The quantitative estimate of drug-likeness (QED) is 0.906. The fourth-order valence-electron chi connectivity index (χ4n) is 1.24. The van der Waals surface area contributed by atoms with Gasteiger partial charge < -0.3 is 5.11 Å². The van der Waals surface area contributed by atoms with Crippen molar-refractivity contribution in [2.75, 3.05) is 0 Å². The lowest BCUT2D eigenvalue weighted by molar-refractivity contribution is 0.0696. The van der Waals surface area contributed by atoms with Gasteiger partial charge in [0.1, 0.15) is 11.1 Å². The smallest absolute Gasteiger partial charge is 0.335 e. The maximum Gasteiger partial charge on any atom is 0.335 e. The van der Waals surface area contributed by atoms with Crippen LogP contribution in [0.1, 0.15) is 16.1 Å². The van der Waals surface area contributed by atoms with Crippen LogP contribution >= 0.6 is 11.8 Å². The predicted octanol–water partition coefficient (Wildman–Crippen LogP) is 2.20. The molecule has 1 heterocycles. The maximum atomic E-state index is 10.8. The summed E-state index contributed by atoms with van der Waals surface area (Å²) in [5.74, 6) is -0.969. The van der Waals surface area contributed by atoms with Crippen molar-refractivity contribution in [2.45, 2.75) is 9.92 Å². The zero-order valence-electron chi connectivity index (χ0n) is 9.07. The average molecular weight is 257 g/mol. The third-order valence-electron chi connectivity index (χ3n) is 2.05. The SMILES string of the molecule is N#Cc1cnc(Sc2cccc(C(=O)O)c2)cn1. The normalized spacial score (nSPS) is 9.72. The van der Waals surface area contributed by atoms with E-state index in [0.717, 1.165) is 4.90 Å². The summed E-state index contributed by atoms with van der Waals surface area (Å²) in [5.41, 5.74) is 0.472. The summed E-state index contributed by atoms with van der Waals surface area (Å²) in [6.45, 7) is 0. The minimum absolute atomic E-state index is 0.224. The first-order valence-electron chi connectivity index (χ1n) is 4.92. The van der Waals surface area contributed by atoms with Crippen molar-refractivity contribution < 1.29 is 9.90 Å². The number of carboxylic acids is 1. The molecule has 18 heavy (non-hydrogen) atoms. The zero-order valence-corrected chi connectivity index (χ0v) is 9.89. The Morgan fingerprint density at radius 3 is 2.78 bits per heavy atom. The molecule has 88 valence electrons. The van der Waals surface area contributed by atoms with Crippen LogP contribution in [0.25, 0.3) is 0 Å². The monoisotopic (exact) mass is 257 g/mol. The summed E-state index contributed by atoms with van der Waals surface area (Å²) in [6.07, 6.45) is 2.86. The van der Waals surface area contributed by atoms with Crippen LogP contribution in [0.3, 0.4) is 0 Å². The maximum absolute atomic E-state index is 10.8. The van der Waals surface area contributed by atoms with E-state index in [9.17, 15) is 4.79 Å². The molecule has 1 aromatic carbocycles. The Balaban J connectivity index is 2.20. The van der Waals surface area contributed by atoms with Crippen LogP contribution in [0.4, 0.5) is 0 Å². The average Bonchev–Trinajstić information content (AvgIpc) is 2.40. The van der Waals surface area contributed by atoms with Crippen molar-refractivity contribution in [3.63, 3.8) is 0 Å². The fraction of sp³-hybridized carbons (Fsp3) is 0. The van der Waals surface area contributed by atoms with Crippen LogP contribution in [0.15, 0.2) is 46.6 Å². The Hall–Kier alpha value is -2.39. The standard InChI is InChI=1S/C12H7N3O2S/c13-5-9-6-15-11(7-14-9)18-10-3-1-2-8(4-10)12(16)17/h1-4,6-7H,(H,16,17). The third kappa shape index (κ3) is 2.84. The molecule has 0 aliphatic rings. The fourth-order valence-corrected chi connectivity index (χ4v) is 2.02. The molecule has 0 radical (unpaired) electrons. The van der Waals surface area contributed by atoms with E-state index in [2.05, 4.69) is 9.97 Å². The molecular formula is C12H7N3O2S. The lowest BCUT2D eigenvalue weighted by atomic mass is 10.2. The highest BCUT2D eigenvalue weighted by Gasteiger charge is 2.05. The minimum Gasteiger partial charge on any atom is -0.478 e. The van der Waals surface area contributed by atoms with E-state index >= 15 is 0 Å². The summed E-state index contributed by atoms with van der Waals surface area (Å²) in [4.78, 5) is 19.5. The van der Waals surface area contributed by atoms with Crippen LogP contribution in [0.5, 0.6) is 0 Å². The summed E-state index contributed by atoms with van der Waals surface area (Å²) in [7, 11) is 0. The van der Waals surface area contributed by atoms with E-state index in [0.29, 0.717) is 5.03 Å². The van der Waals surface area contributed by atoms with E-state index in [4.69, 9.17) is 10.4 Å². The Morgan fingerprint density at radius 1 is 1.33 bits per heavy atom. The van der Waals surface area contributed by atoms with Crippen LogP contribution in [0.2, 0.25) is 0 Å². The van der Waals surface area contributed by atoms with Gasteiger partial charge in [-0.1, -0.05) is 17.8 Å². The summed E-state index contributed by atoms with van der Waals surface area (Å²) < 4.78 is 0. The molecule has 0 bridgehead atoms. The minimum atomic E-state index is -0.969. The molecule has 2 rings (SSSR count). The van der Waals surface area contributed by atoms with Gasteiger partial charge in [-0.2, -0.15) is 5.26 Å². The number of aromatic carboxylic acids is 1. The van der Waals surface area contributed by atoms with Crippen molar-refractivity contribution in [3.05, 3.63) is 47.9 Å². The molecule has 6 heteroatoms. The van der Waals surface area contributed by atoms with E-state index in [1.807, 2.05) is 6.07 Å². The molecular weight excluding hydrogens is 250 g/mol. The Bertz CT molecular complexity index is 620. The largest absolute Gasteiger partial charge is 0.478 e. The first-order valence-corrected chi connectivity index (χ1v) is 5.74. The molecule has 0 aliphatic carbocycles. The number of nitriles is 1. The van der Waals surface area contributed by atoms with Crippen molar-refractivity contribution in [1.29, 1.82) is 5.26 Å². The van der Waals surface area contributed by atoms with Crippen LogP contribution < -0.4 is 0 Å². The lowest BCUT2D eigenvalue weighted by Gasteiger charge is -2.01. The number of carbonyl (C=O) groups is 1. The van der Waals surface area contributed by atoms with Gasteiger partial charge in [-0.3, -0.25) is 0 Å². The van der Waals surface area contributed by atoms with Crippen LogP contribution in [-0.2, 0) is 0 Å². The highest BCUT2D eigenvalue weighted by Crippen LogP contribution is 2.25. The number of hydrogen-bond acceptors (Lipinski definition) is 5. The van der Waals surface area contributed by atoms with Gasteiger partial charge in [-0.15, -0.1) is 0 Å². The van der Waals surface area contributed by atoms with Gasteiger partial charge in [-0.25, -0.2) is 14.8 Å². The first kappa shape index (κ1) is 12.1. The van der Waals surface area contributed by atoms with Gasteiger partial charge in [0, 0.05) is 4.90 Å². The van der Waals surface area contributed by atoms with Gasteiger partial charge in [-0.05, 0) is 18.2 Å². The van der Waals surface area contributed by atoms with E-state index in [1.54, 1.807) is 18.2 Å². The number of carboxylic acid groups (broad SMARTS) is 1. The number of hydrogen-bond donors (Lipinski definition) is 1. The second kappa shape index (κ2) is 5.29. The number of rotatable bonds is 3. The van der Waals surface area contributed by atoms with Gasteiger partial charge >= 0.3 is 5.97 Å². The Labute approximate surface area is 107 Å². The summed E-state index contributed by atoms with van der Waals surface area (Å²) in [6, 6.07) is 8.43. The van der Waals surface area contributed by atoms with Gasteiger partial charge in [0.25, 0.3) is 0 Å². The van der Waals surface area contributed by atoms with Crippen LogP contribution in [-0.4, -0.2) is 21.0 Å². The van der Waals surface area contributed by atoms with Gasteiger partial charge in [0.2, 0.25) is 0 Å². The van der Waals surface area contributed by atoms with Gasteiger partial charge in [0.05, 0.1) is 18.0 Å². The first-order chi connectivity index (χ1) is 8.69. The Morgan fingerprint density at radius 2 is 2.17 bits per heavy atom. The van der Waals surface area contributed by atoms with E-state index < -0.39 is 5.97 Å². The molecule has 2 aromatic rings. The van der Waals surface area contributed by atoms with E-state index in [-0.39, 0.29) is 11.3 Å². The van der Waals surface area contributed by atoms with Crippen molar-refractivity contribution >= 4 is 17.7 Å². The van der Waals surface area contributed by atoms with Gasteiger partial charge in [0.15, 0.2) is 5.69 Å². The molecule has 5 nitrogen and oxygen atoms in total. The molecule has 0 spiro atoms. The molecule has 1 aromatic heterocycles. The Kier molecular flexibility index (Phi) is 3.55.